The number of hydrogen-bond donors (Lipinski definition) is 1. The number of hydrazine groups is 1. The molecule has 0 spiro atoms. The Kier molecular flexibility index (Phi) is 3.19. The molecule has 2 rings (SSSR count). The highest BCUT2D eigenvalue weighted by Crippen LogP contribution is 2.32. The Bertz CT molecular complexity index is 444. The lowest BCUT2D eigenvalue weighted by Crippen LogP contribution is -2.36. The molecule has 1 aliphatic rings. The number of hydrogen-bond acceptors (Lipinski definition) is 4. The summed E-state index contributed by atoms with van der Waals surface area (Å²) in [6.07, 6.45) is 0. The van der Waals surface area contributed by atoms with E-state index in [1.807, 2.05) is 13.0 Å². The maximum Gasteiger partial charge on any atom is 0.265 e. The number of carbonyl (C=O) groups excluding carboxylic acids is 1. The van der Waals surface area contributed by atoms with E-state index in [-0.39, 0.29) is 5.91 Å². The zero-order chi connectivity index (χ0) is 12.4. The van der Waals surface area contributed by atoms with Gasteiger partial charge in [-0.3, -0.25) is 10.2 Å². The van der Waals surface area contributed by atoms with Crippen molar-refractivity contribution < 1.29 is 14.3 Å². The molecule has 1 aromatic rings. The molecule has 1 aromatic carbocycles. The lowest BCUT2D eigenvalue weighted by Gasteiger charge is -2.20. The third kappa shape index (κ3) is 2.50. The maximum atomic E-state index is 11.9. The van der Waals surface area contributed by atoms with Crippen LogP contribution in [-0.4, -0.2) is 38.2 Å². The minimum absolute atomic E-state index is 0.149. The van der Waals surface area contributed by atoms with E-state index >= 15 is 0 Å². The lowest BCUT2D eigenvalue weighted by molar-refractivity contribution is 0.0855. The van der Waals surface area contributed by atoms with Crippen molar-refractivity contribution in [3.8, 4) is 11.5 Å². The zero-order valence-corrected chi connectivity index (χ0v) is 10.2. The number of nitrogens with one attached hydrogen (secondary N) is 1. The van der Waals surface area contributed by atoms with Crippen molar-refractivity contribution in [1.29, 1.82) is 0 Å². The molecule has 1 N–H and O–H groups in total. The van der Waals surface area contributed by atoms with Crippen LogP contribution in [0.1, 0.15) is 15.9 Å². The van der Waals surface area contributed by atoms with Crippen molar-refractivity contribution >= 4 is 5.91 Å². The predicted molar refractivity (Wildman–Crippen MR) is 63.3 cm³/mol. The van der Waals surface area contributed by atoms with Gasteiger partial charge in [-0.1, -0.05) is 0 Å². The Morgan fingerprint density at radius 2 is 1.82 bits per heavy atom. The van der Waals surface area contributed by atoms with Crippen LogP contribution in [0, 0.1) is 6.92 Å². The standard InChI is InChI=1S/C12H16N2O3/c1-8-6-10-11(17-5-4-16-10)7-9(8)12(15)13-14(2)3/h6-7H,4-5H2,1-3H3,(H,13,15). The maximum absolute atomic E-state index is 11.9. The molecular formula is C12H16N2O3. The first kappa shape index (κ1) is 11.7. The molecule has 0 atom stereocenters. The van der Waals surface area contributed by atoms with Crippen LogP contribution < -0.4 is 14.9 Å². The Hall–Kier alpha value is -1.75. The number of amides is 1. The summed E-state index contributed by atoms with van der Waals surface area (Å²) < 4.78 is 10.9. The van der Waals surface area contributed by atoms with Crippen molar-refractivity contribution in [3.05, 3.63) is 23.3 Å². The molecule has 92 valence electrons. The highest BCUT2D eigenvalue weighted by atomic mass is 16.6. The molecule has 0 bridgehead atoms. The van der Waals surface area contributed by atoms with Crippen LogP contribution in [0.25, 0.3) is 0 Å². The largest absolute Gasteiger partial charge is 0.486 e. The van der Waals surface area contributed by atoms with Crippen LogP contribution in [0.4, 0.5) is 0 Å². The summed E-state index contributed by atoms with van der Waals surface area (Å²) in [5.74, 6) is 1.19. The highest BCUT2D eigenvalue weighted by molar-refractivity contribution is 5.96. The molecule has 5 heteroatoms. The number of ether oxygens (including phenoxy) is 2. The van der Waals surface area contributed by atoms with E-state index in [0.717, 1.165) is 5.56 Å². The fourth-order valence-electron chi connectivity index (χ4n) is 1.70. The molecule has 1 aliphatic heterocycles. The Morgan fingerprint density at radius 3 is 2.41 bits per heavy atom. The van der Waals surface area contributed by atoms with Crippen molar-refractivity contribution in [2.45, 2.75) is 6.92 Å². The van der Waals surface area contributed by atoms with Crippen molar-refractivity contribution in [2.24, 2.45) is 0 Å². The van der Waals surface area contributed by atoms with E-state index in [1.165, 1.54) is 0 Å². The second-order valence-electron chi connectivity index (χ2n) is 4.15. The van der Waals surface area contributed by atoms with Gasteiger partial charge in [-0.25, -0.2) is 5.01 Å². The van der Waals surface area contributed by atoms with Crippen molar-refractivity contribution in [1.82, 2.24) is 10.4 Å². The molecule has 0 fully saturated rings. The SMILES string of the molecule is Cc1cc2c(cc1C(=O)NN(C)C)OCCO2. The lowest BCUT2D eigenvalue weighted by atomic mass is 10.1. The fourth-order valence-corrected chi connectivity index (χ4v) is 1.70. The average Bonchev–Trinajstić information content (AvgIpc) is 2.27. The number of nitrogens with zero attached hydrogens (tertiary/aromatic N) is 1. The number of fused-ring (bicyclic) bond motifs is 1. The molecule has 17 heavy (non-hydrogen) atoms. The smallest absolute Gasteiger partial charge is 0.265 e. The van der Waals surface area contributed by atoms with E-state index in [0.29, 0.717) is 30.3 Å². The zero-order valence-electron chi connectivity index (χ0n) is 10.2. The third-order valence-electron chi connectivity index (χ3n) is 2.46. The number of rotatable bonds is 2. The van der Waals surface area contributed by atoms with Gasteiger partial charge >= 0.3 is 0 Å². The molecule has 0 saturated carbocycles. The second-order valence-corrected chi connectivity index (χ2v) is 4.15. The van der Waals surface area contributed by atoms with Gasteiger partial charge in [0.2, 0.25) is 0 Å². The highest BCUT2D eigenvalue weighted by Gasteiger charge is 2.17. The fraction of sp³-hybridized carbons (Fsp3) is 0.417. The first-order chi connectivity index (χ1) is 8.08. The van der Waals surface area contributed by atoms with Gasteiger partial charge < -0.3 is 9.47 Å². The van der Waals surface area contributed by atoms with Gasteiger partial charge in [-0.05, 0) is 24.6 Å². The van der Waals surface area contributed by atoms with E-state index < -0.39 is 0 Å². The molecule has 0 aromatic heterocycles. The molecule has 5 nitrogen and oxygen atoms in total. The van der Waals surface area contributed by atoms with E-state index in [9.17, 15) is 4.79 Å². The summed E-state index contributed by atoms with van der Waals surface area (Å²) in [6.45, 7) is 2.95. The van der Waals surface area contributed by atoms with Crippen LogP contribution in [0.15, 0.2) is 12.1 Å². The molecule has 1 heterocycles. The summed E-state index contributed by atoms with van der Waals surface area (Å²) >= 11 is 0. The summed E-state index contributed by atoms with van der Waals surface area (Å²) in [5, 5.41) is 1.61. The summed E-state index contributed by atoms with van der Waals surface area (Å²) in [5.41, 5.74) is 4.17. The van der Waals surface area contributed by atoms with Crippen LogP contribution in [-0.2, 0) is 0 Å². The van der Waals surface area contributed by atoms with Gasteiger partial charge in [0.05, 0.1) is 0 Å². The molecule has 0 radical (unpaired) electrons. The van der Waals surface area contributed by atoms with Crippen molar-refractivity contribution in [3.63, 3.8) is 0 Å². The molecule has 0 aliphatic carbocycles. The van der Waals surface area contributed by atoms with E-state index in [1.54, 1.807) is 25.2 Å². The first-order valence-corrected chi connectivity index (χ1v) is 5.46. The summed E-state index contributed by atoms with van der Waals surface area (Å²) in [4.78, 5) is 11.9. The minimum atomic E-state index is -0.149. The van der Waals surface area contributed by atoms with Crippen molar-refractivity contribution in [2.75, 3.05) is 27.3 Å². The molecular weight excluding hydrogens is 220 g/mol. The minimum Gasteiger partial charge on any atom is -0.486 e. The van der Waals surface area contributed by atoms with Gasteiger partial charge in [0.15, 0.2) is 11.5 Å². The second kappa shape index (κ2) is 4.63. The van der Waals surface area contributed by atoms with Gasteiger partial charge in [-0.2, -0.15) is 0 Å². The summed E-state index contributed by atoms with van der Waals surface area (Å²) in [6, 6.07) is 3.56. The van der Waals surface area contributed by atoms with Gasteiger partial charge in [-0.15, -0.1) is 0 Å². The Labute approximate surface area is 100 Å². The van der Waals surface area contributed by atoms with Crippen LogP contribution in [0.3, 0.4) is 0 Å². The van der Waals surface area contributed by atoms with Crippen LogP contribution in [0.2, 0.25) is 0 Å². The number of carbonyl (C=O) groups is 1. The average molecular weight is 236 g/mol. The Morgan fingerprint density at radius 1 is 1.24 bits per heavy atom. The number of aryl methyl sites for hydroxylation is 1. The molecule has 0 saturated heterocycles. The normalized spacial score (nSPS) is 13.6. The quantitative estimate of drug-likeness (QED) is 0.777. The van der Waals surface area contributed by atoms with E-state index in [4.69, 9.17) is 9.47 Å². The van der Waals surface area contributed by atoms with Gasteiger partial charge in [0, 0.05) is 19.7 Å². The molecule has 0 unspecified atom stereocenters. The molecule has 1 amide bonds. The van der Waals surface area contributed by atoms with Gasteiger partial charge in [0.1, 0.15) is 13.2 Å². The first-order valence-electron chi connectivity index (χ1n) is 5.46. The third-order valence-corrected chi connectivity index (χ3v) is 2.46. The van der Waals surface area contributed by atoms with E-state index in [2.05, 4.69) is 5.43 Å². The van der Waals surface area contributed by atoms with Crippen LogP contribution in [0.5, 0.6) is 11.5 Å². The Balaban J connectivity index is 2.31. The monoisotopic (exact) mass is 236 g/mol. The van der Waals surface area contributed by atoms with Gasteiger partial charge in [0.25, 0.3) is 5.91 Å². The number of benzene rings is 1. The summed E-state index contributed by atoms with van der Waals surface area (Å²) in [7, 11) is 3.54. The van der Waals surface area contributed by atoms with Crippen LogP contribution >= 0.6 is 0 Å². The topological polar surface area (TPSA) is 50.8 Å². The predicted octanol–water partition coefficient (Wildman–Crippen LogP) is 0.973.